The standard InChI is InChI=1S/C16H20N2O6S/c1-22-7-11-15(10-4-5-23-16(10)11)18-25(20,21)9-2-3-13-12(6-9)17-14(19)8-24-13/h2-3,6,10-11,15-16,18H,4-5,7-8H2,1H3,(H,17,19)/t10-,11+,15-,16-/m0/s1. The van der Waals surface area contributed by atoms with Gasteiger partial charge < -0.3 is 19.5 Å². The molecule has 1 aromatic rings. The molecule has 2 heterocycles. The molecule has 1 aromatic carbocycles. The Hall–Kier alpha value is -1.68. The minimum Gasteiger partial charge on any atom is -0.482 e. The third-order valence-electron chi connectivity index (χ3n) is 5.07. The molecule has 1 saturated carbocycles. The summed E-state index contributed by atoms with van der Waals surface area (Å²) in [4.78, 5) is 11.5. The van der Waals surface area contributed by atoms with E-state index in [1.807, 2.05) is 0 Å². The van der Waals surface area contributed by atoms with Gasteiger partial charge in [0.25, 0.3) is 5.91 Å². The van der Waals surface area contributed by atoms with E-state index in [1.54, 1.807) is 13.2 Å². The lowest BCUT2D eigenvalue weighted by molar-refractivity contribution is -0.118. The molecule has 25 heavy (non-hydrogen) atoms. The number of nitrogens with one attached hydrogen (secondary N) is 2. The van der Waals surface area contributed by atoms with Crippen LogP contribution in [0.25, 0.3) is 0 Å². The lowest BCUT2D eigenvalue weighted by Crippen LogP contribution is -2.62. The van der Waals surface area contributed by atoms with Gasteiger partial charge in [0, 0.05) is 31.6 Å². The molecule has 2 N–H and O–H groups in total. The van der Waals surface area contributed by atoms with E-state index in [-0.39, 0.29) is 41.4 Å². The largest absolute Gasteiger partial charge is 0.482 e. The number of carbonyl (C=O) groups is 1. The molecular formula is C16H20N2O6S. The molecule has 2 aliphatic heterocycles. The Morgan fingerprint density at radius 1 is 1.40 bits per heavy atom. The van der Waals surface area contributed by atoms with Gasteiger partial charge in [-0.1, -0.05) is 0 Å². The molecule has 4 rings (SSSR count). The van der Waals surface area contributed by atoms with Gasteiger partial charge in [0.15, 0.2) is 6.61 Å². The number of fused-ring (bicyclic) bond motifs is 2. The molecule has 9 heteroatoms. The van der Waals surface area contributed by atoms with Crippen LogP contribution in [-0.4, -0.2) is 53.4 Å². The van der Waals surface area contributed by atoms with Crippen LogP contribution in [0.4, 0.5) is 5.69 Å². The fourth-order valence-corrected chi connectivity index (χ4v) is 5.24. The molecule has 4 atom stereocenters. The van der Waals surface area contributed by atoms with Crippen molar-refractivity contribution in [2.24, 2.45) is 11.8 Å². The van der Waals surface area contributed by atoms with Gasteiger partial charge in [-0.05, 0) is 24.6 Å². The van der Waals surface area contributed by atoms with Crippen molar-refractivity contribution in [3.63, 3.8) is 0 Å². The Balaban J connectivity index is 1.55. The van der Waals surface area contributed by atoms with Gasteiger partial charge in [0.05, 0.1) is 23.3 Å². The Kier molecular flexibility index (Phi) is 4.19. The third-order valence-corrected chi connectivity index (χ3v) is 6.53. The van der Waals surface area contributed by atoms with E-state index in [0.29, 0.717) is 24.7 Å². The van der Waals surface area contributed by atoms with Crippen molar-refractivity contribution in [1.29, 1.82) is 0 Å². The van der Waals surface area contributed by atoms with Gasteiger partial charge in [-0.2, -0.15) is 0 Å². The van der Waals surface area contributed by atoms with Gasteiger partial charge >= 0.3 is 0 Å². The maximum Gasteiger partial charge on any atom is 0.262 e. The van der Waals surface area contributed by atoms with Crippen LogP contribution in [0.15, 0.2) is 23.1 Å². The van der Waals surface area contributed by atoms with Crippen LogP contribution < -0.4 is 14.8 Å². The second kappa shape index (κ2) is 6.24. The van der Waals surface area contributed by atoms with Crippen LogP contribution in [0.3, 0.4) is 0 Å². The average Bonchev–Trinajstić information content (AvgIpc) is 3.01. The van der Waals surface area contributed by atoms with Crippen molar-refractivity contribution in [3.05, 3.63) is 18.2 Å². The molecule has 3 aliphatic rings. The van der Waals surface area contributed by atoms with E-state index in [9.17, 15) is 13.2 Å². The fraction of sp³-hybridized carbons (Fsp3) is 0.562. The van der Waals surface area contributed by atoms with Crippen molar-refractivity contribution in [2.45, 2.75) is 23.5 Å². The number of hydrogen-bond acceptors (Lipinski definition) is 6. The fourth-order valence-electron chi connectivity index (χ4n) is 3.87. The molecular weight excluding hydrogens is 348 g/mol. The molecule has 0 radical (unpaired) electrons. The van der Waals surface area contributed by atoms with Crippen molar-refractivity contribution in [3.8, 4) is 5.75 Å². The van der Waals surface area contributed by atoms with E-state index in [1.165, 1.54) is 12.1 Å². The Morgan fingerprint density at radius 2 is 2.24 bits per heavy atom. The van der Waals surface area contributed by atoms with E-state index in [4.69, 9.17) is 14.2 Å². The summed E-state index contributed by atoms with van der Waals surface area (Å²) in [5.74, 6) is 0.340. The zero-order chi connectivity index (χ0) is 17.6. The van der Waals surface area contributed by atoms with Gasteiger partial charge in [-0.25, -0.2) is 13.1 Å². The van der Waals surface area contributed by atoms with Crippen LogP contribution in [0.2, 0.25) is 0 Å². The number of anilines is 1. The van der Waals surface area contributed by atoms with Gasteiger partial charge in [-0.3, -0.25) is 4.79 Å². The summed E-state index contributed by atoms with van der Waals surface area (Å²) in [5.41, 5.74) is 0.364. The summed E-state index contributed by atoms with van der Waals surface area (Å²) in [6, 6.07) is 4.24. The van der Waals surface area contributed by atoms with Crippen molar-refractivity contribution >= 4 is 21.6 Å². The predicted octanol–water partition coefficient (Wildman–Crippen LogP) is 0.346. The Labute approximate surface area is 145 Å². The first kappa shape index (κ1) is 16.8. The summed E-state index contributed by atoms with van der Waals surface area (Å²) in [6.45, 7) is 1.03. The zero-order valence-electron chi connectivity index (χ0n) is 13.7. The van der Waals surface area contributed by atoms with Crippen molar-refractivity contribution in [2.75, 3.05) is 32.2 Å². The normalized spacial score (nSPS) is 30.7. The number of ether oxygens (including phenoxy) is 3. The molecule has 2 fully saturated rings. The monoisotopic (exact) mass is 368 g/mol. The highest BCUT2D eigenvalue weighted by Crippen LogP contribution is 2.44. The van der Waals surface area contributed by atoms with Crippen molar-refractivity contribution < 1.29 is 27.4 Å². The minimum atomic E-state index is -3.73. The van der Waals surface area contributed by atoms with Crippen LogP contribution in [0.1, 0.15) is 6.42 Å². The summed E-state index contributed by atoms with van der Waals surface area (Å²) in [6.07, 6.45) is 0.899. The molecule has 0 spiro atoms. The summed E-state index contributed by atoms with van der Waals surface area (Å²) < 4.78 is 44.5. The molecule has 8 nitrogen and oxygen atoms in total. The lowest BCUT2D eigenvalue weighted by atomic mass is 9.68. The predicted molar refractivity (Wildman–Crippen MR) is 87.9 cm³/mol. The minimum absolute atomic E-state index is 0.00735. The number of amides is 1. The number of benzene rings is 1. The van der Waals surface area contributed by atoms with Crippen LogP contribution in [-0.2, 0) is 24.3 Å². The molecule has 0 aromatic heterocycles. The van der Waals surface area contributed by atoms with E-state index < -0.39 is 10.0 Å². The SMILES string of the molecule is COC[C@@H]1[C@@H](NS(=O)(=O)c2ccc3c(c2)NC(=O)CO3)[C@@H]2CCO[C@H]12. The van der Waals surface area contributed by atoms with E-state index in [2.05, 4.69) is 10.0 Å². The first-order valence-corrected chi connectivity index (χ1v) is 9.67. The smallest absolute Gasteiger partial charge is 0.262 e. The number of rotatable bonds is 5. The van der Waals surface area contributed by atoms with Gasteiger partial charge in [0.2, 0.25) is 10.0 Å². The topological polar surface area (TPSA) is 103 Å². The van der Waals surface area contributed by atoms with Gasteiger partial charge in [0.1, 0.15) is 5.75 Å². The van der Waals surface area contributed by atoms with E-state index in [0.717, 1.165) is 6.42 Å². The maximum atomic E-state index is 12.8. The molecule has 136 valence electrons. The summed E-state index contributed by atoms with van der Waals surface area (Å²) in [5, 5.41) is 2.62. The highest BCUT2D eigenvalue weighted by molar-refractivity contribution is 7.89. The molecule has 1 amide bonds. The zero-order valence-corrected chi connectivity index (χ0v) is 14.5. The highest BCUT2D eigenvalue weighted by Gasteiger charge is 2.54. The number of sulfonamides is 1. The average molecular weight is 368 g/mol. The van der Waals surface area contributed by atoms with Gasteiger partial charge in [-0.15, -0.1) is 0 Å². The summed E-state index contributed by atoms with van der Waals surface area (Å²) in [7, 11) is -2.13. The van der Waals surface area contributed by atoms with Crippen LogP contribution in [0.5, 0.6) is 5.75 Å². The third kappa shape index (κ3) is 2.91. The Morgan fingerprint density at radius 3 is 3.04 bits per heavy atom. The maximum absolute atomic E-state index is 12.8. The molecule has 1 aliphatic carbocycles. The molecule has 0 unspecified atom stereocenters. The molecule has 0 bridgehead atoms. The highest BCUT2D eigenvalue weighted by atomic mass is 32.2. The second-order valence-electron chi connectivity index (χ2n) is 6.55. The molecule has 1 saturated heterocycles. The first-order chi connectivity index (χ1) is 12.0. The Bertz CT molecular complexity index is 796. The summed E-state index contributed by atoms with van der Waals surface area (Å²) >= 11 is 0. The first-order valence-electron chi connectivity index (χ1n) is 8.19. The van der Waals surface area contributed by atoms with Crippen LogP contribution in [0, 0.1) is 11.8 Å². The lowest BCUT2D eigenvalue weighted by Gasteiger charge is -2.47. The van der Waals surface area contributed by atoms with Crippen LogP contribution >= 0.6 is 0 Å². The second-order valence-corrected chi connectivity index (χ2v) is 8.26. The van der Waals surface area contributed by atoms with E-state index >= 15 is 0 Å². The van der Waals surface area contributed by atoms with Crippen molar-refractivity contribution in [1.82, 2.24) is 4.72 Å². The number of hydrogen-bond donors (Lipinski definition) is 2. The number of carbonyl (C=O) groups excluding carboxylic acids is 1. The quantitative estimate of drug-likeness (QED) is 0.777. The number of methoxy groups -OCH3 is 1.